The third-order valence-corrected chi connectivity index (χ3v) is 6.24. The molecule has 1 unspecified atom stereocenters. The molecule has 4 nitrogen and oxygen atoms in total. The molecule has 1 heterocycles. The third-order valence-electron chi connectivity index (χ3n) is 2.05. The van der Waals surface area contributed by atoms with Gasteiger partial charge >= 0.3 is 0 Å². The van der Waals surface area contributed by atoms with Gasteiger partial charge in [0.05, 0.1) is 5.69 Å². The molecule has 0 saturated heterocycles. The van der Waals surface area contributed by atoms with E-state index in [-0.39, 0.29) is 8.68 Å². The number of hydrogen-bond acceptors (Lipinski definition) is 5. The van der Waals surface area contributed by atoms with Crippen LogP contribution in [0.5, 0.6) is 0 Å². The summed E-state index contributed by atoms with van der Waals surface area (Å²) >= 11 is 8.38. The van der Waals surface area contributed by atoms with Gasteiger partial charge in [0.2, 0.25) is 0 Å². The summed E-state index contributed by atoms with van der Waals surface area (Å²) in [6.45, 7) is 4.08. The van der Waals surface area contributed by atoms with Crippen molar-refractivity contribution in [1.29, 1.82) is 0 Å². The first kappa shape index (κ1) is 15.2. The molecule has 98 valence electrons. The van der Waals surface area contributed by atoms with E-state index >= 15 is 0 Å². The molecule has 0 spiro atoms. The largest absolute Gasteiger partial charge is 0.251 e. The fraction of sp³-hybridized carbons (Fsp3) is 0.667. The highest BCUT2D eigenvalue weighted by molar-refractivity contribution is 7.98. The summed E-state index contributed by atoms with van der Waals surface area (Å²) in [5, 5.41) is 0. The van der Waals surface area contributed by atoms with E-state index in [4.69, 9.17) is 11.6 Å². The van der Waals surface area contributed by atoms with E-state index in [2.05, 4.69) is 9.71 Å². The van der Waals surface area contributed by atoms with Gasteiger partial charge in [-0.05, 0) is 24.9 Å². The van der Waals surface area contributed by atoms with Gasteiger partial charge in [0, 0.05) is 6.54 Å². The summed E-state index contributed by atoms with van der Waals surface area (Å²) in [4.78, 5) is 3.90. The summed E-state index contributed by atoms with van der Waals surface area (Å²) in [6.07, 6.45) is 2.00. The first-order valence-electron chi connectivity index (χ1n) is 4.98. The van der Waals surface area contributed by atoms with Crippen LogP contribution in [0.2, 0.25) is 4.47 Å². The van der Waals surface area contributed by atoms with E-state index in [1.165, 1.54) is 0 Å². The second-order valence-corrected chi connectivity index (χ2v) is 8.21. The minimum absolute atomic E-state index is 0.207. The van der Waals surface area contributed by atoms with Crippen molar-refractivity contribution in [2.45, 2.75) is 18.1 Å². The maximum Gasteiger partial charge on any atom is 0.251 e. The lowest BCUT2D eigenvalue weighted by Crippen LogP contribution is -2.29. The lowest BCUT2D eigenvalue weighted by molar-refractivity contribution is 0.564. The van der Waals surface area contributed by atoms with Crippen LogP contribution in [-0.4, -0.2) is 32.0 Å². The van der Waals surface area contributed by atoms with Crippen molar-refractivity contribution in [1.82, 2.24) is 9.71 Å². The van der Waals surface area contributed by atoms with E-state index in [1.807, 2.05) is 13.2 Å². The quantitative estimate of drug-likeness (QED) is 0.876. The van der Waals surface area contributed by atoms with Gasteiger partial charge < -0.3 is 0 Å². The highest BCUT2D eigenvalue weighted by Gasteiger charge is 2.21. The average Bonchev–Trinajstić information content (AvgIpc) is 2.56. The van der Waals surface area contributed by atoms with Crippen molar-refractivity contribution in [3.63, 3.8) is 0 Å². The normalized spacial score (nSPS) is 13.9. The summed E-state index contributed by atoms with van der Waals surface area (Å²) in [5.41, 5.74) is 0.449. The Morgan fingerprint density at radius 3 is 2.71 bits per heavy atom. The molecule has 0 aromatic carbocycles. The van der Waals surface area contributed by atoms with Crippen LogP contribution in [0.3, 0.4) is 0 Å². The smallest absolute Gasteiger partial charge is 0.229 e. The average molecular weight is 315 g/mol. The van der Waals surface area contributed by atoms with Crippen LogP contribution < -0.4 is 4.72 Å². The highest BCUT2D eigenvalue weighted by Crippen LogP contribution is 2.26. The summed E-state index contributed by atoms with van der Waals surface area (Å²) < 4.78 is 27.0. The number of nitrogens with one attached hydrogen (secondary N) is 1. The lowest BCUT2D eigenvalue weighted by Gasteiger charge is -2.10. The van der Waals surface area contributed by atoms with E-state index in [9.17, 15) is 8.42 Å². The number of thiazole rings is 1. The molecule has 1 atom stereocenters. The molecule has 8 heteroatoms. The fourth-order valence-electron chi connectivity index (χ4n) is 1.26. The lowest BCUT2D eigenvalue weighted by atomic mass is 10.2. The Morgan fingerprint density at radius 1 is 1.59 bits per heavy atom. The van der Waals surface area contributed by atoms with Crippen molar-refractivity contribution >= 4 is 44.7 Å². The van der Waals surface area contributed by atoms with E-state index < -0.39 is 10.0 Å². The van der Waals surface area contributed by atoms with Gasteiger partial charge in [0.1, 0.15) is 0 Å². The summed E-state index contributed by atoms with van der Waals surface area (Å²) in [7, 11) is -3.47. The minimum atomic E-state index is -3.47. The molecule has 1 N–H and O–H groups in total. The Bertz CT molecular complexity index is 473. The molecule has 17 heavy (non-hydrogen) atoms. The van der Waals surface area contributed by atoms with Gasteiger partial charge in [0.25, 0.3) is 10.0 Å². The molecule has 1 aromatic rings. The van der Waals surface area contributed by atoms with Gasteiger partial charge in [-0.3, -0.25) is 0 Å². The highest BCUT2D eigenvalue weighted by atomic mass is 35.5. The number of halogens is 1. The molecule has 0 amide bonds. The zero-order chi connectivity index (χ0) is 13.1. The van der Waals surface area contributed by atoms with Crippen molar-refractivity contribution in [2.24, 2.45) is 5.92 Å². The molecular formula is C9H15ClN2O2S3. The third kappa shape index (κ3) is 4.40. The molecular weight excluding hydrogens is 300 g/mol. The topological polar surface area (TPSA) is 59.1 Å². The van der Waals surface area contributed by atoms with Gasteiger partial charge in [0.15, 0.2) is 8.68 Å². The zero-order valence-electron chi connectivity index (χ0n) is 9.86. The van der Waals surface area contributed by atoms with Gasteiger partial charge in [-0.2, -0.15) is 11.8 Å². The van der Waals surface area contributed by atoms with Gasteiger partial charge in [-0.15, -0.1) is 0 Å². The number of hydrogen-bond donors (Lipinski definition) is 1. The molecule has 0 radical (unpaired) electrons. The van der Waals surface area contributed by atoms with Crippen molar-refractivity contribution in [3.05, 3.63) is 10.2 Å². The molecule has 0 fully saturated rings. The number of aryl methyl sites for hydroxylation is 1. The van der Waals surface area contributed by atoms with Crippen LogP contribution >= 0.6 is 34.7 Å². The molecule has 0 aliphatic carbocycles. The molecule has 0 aliphatic heterocycles. The Balaban J connectivity index is 2.73. The predicted molar refractivity (Wildman–Crippen MR) is 74.6 cm³/mol. The Morgan fingerprint density at radius 2 is 2.24 bits per heavy atom. The molecule has 0 bridgehead atoms. The van der Waals surface area contributed by atoms with Crippen LogP contribution in [0, 0.1) is 12.8 Å². The van der Waals surface area contributed by atoms with Crippen LogP contribution in [0.15, 0.2) is 4.21 Å². The summed E-state index contributed by atoms with van der Waals surface area (Å²) in [6, 6.07) is 0. The minimum Gasteiger partial charge on any atom is -0.229 e. The Hall–Kier alpha value is 0.180. The van der Waals surface area contributed by atoms with Crippen molar-refractivity contribution in [2.75, 3.05) is 18.6 Å². The van der Waals surface area contributed by atoms with E-state index in [1.54, 1.807) is 18.7 Å². The fourth-order valence-corrected chi connectivity index (χ4v) is 4.89. The van der Waals surface area contributed by atoms with Crippen molar-refractivity contribution < 1.29 is 8.42 Å². The second-order valence-electron chi connectivity index (χ2n) is 3.75. The zero-order valence-corrected chi connectivity index (χ0v) is 13.1. The van der Waals surface area contributed by atoms with Crippen LogP contribution in [0.4, 0.5) is 0 Å². The summed E-state index contributed by atoms with van der Waals surface area (Å²) in [5.74, 6) is 1.22. The molecule has 1 rings (SSSR count). The number of rotatable bonds is 6. The number of thioether (sulfide) groups is 1. The standard InChI is InChI=1S/C9H15ClN2O2S3/c1-6(5-15-3)4-11-17(13,14)8-7(2)12-9(10)16-8/h6,11H,4-5H2,1-3H3. The van der Waals surface area contributed by atoms with Crippen molar-refractivity contribution in [3.8, 4) is 0 Å². The van der Waals surface area contributed by atoms with Crippen LogP contribution in [0.1, 0.15) is 12.6 Å². The van der Waals surface area contributed by atoms with Crippen LogP contribution in [0.25, 0.3) is 0 Å². The predicted octanol–water partition coefficient (Wildman–Crippen LogP) is 2.38. The maximum atomic E-state index is 12.0. The molecule has 0 aliphatic rings. The SMILES string of the molecule is CSCC(C)CNS(=O)(=O)c1sc(Cl)nc1C. The first-order chi connectivity index (χ1) is 7.86. The Kier molecular flexibility index (Phi) is 5.72. The molecule has 1 aromatic heterocycles. The van der Waals surface area contributed by atoms with E-state index in [0.717, 1.165) is 17.1 Å². The Labute approximate surface area is 115 Å². The monoisotopic (exact) mass is 314 g/mol. The van der Waals surface area contributed by atoms with Gasteiger partial charge in [-0.1, -0.05) is 29.9 Å². The second kappa shape index (κ2) is 6.38. The van der Waals surface area contributed by atoms with E-state index in [0.29, 0.717) is 18.2 Å². The first-order valence-corrected chi connectivity index (χ1v) is 9.05. The maximum absolute atomic E-state index is 12.0. The van der Waals surface area contributed by atoms with Crippen LogP contribution in [-0.2, 0) is 10.0 Å². The number of sulfonamides is 1. The molecule has 0 saturated carbocycles. The number of aromatic nitrogens is 1. The number of nitrogens with zero attached hydrogens (tertiary/aromatic N) is 1. The van der Waals surface area contributed by atoms with Gasteiger partial charge in [-0.25, -0.2) is 18.1 Å².